The highest BCUT2D eigenvalue weighted by atomic mass is 16.5. The van der Waals surface area contributed by atoms with E-state index in [1.54, 1.807) is 12.3 Å². The zero-order valence-corrected chi connectivity index (χ0v) is 12.5. The van der Waals surface area contributed by atoms with E-state index >= 15 is 0 Å². The highest BCUT2D eigenvalue weighted by Crippen LogP contribution is 2.22. The molecule has 0 aliphatic heterocycles. The number of ether oxygens (including phenoxy) is 2. The van der Waals surface area contributed by atoms with Crippen LogP contribution in [0.2, 0.25) is 0 Å². The number of aldehydes is 1. The number of pyridine rings is 2. The van der Waals surface area contributed by atoms with Crippen LogP contribution in [-0.4, -0.2) is 29.6 Å². The molecule has 2 aromatic heterocycles. The van der Waals surface area contributed by atoms with Crippen molar-refractivity contribution in [3.63, 3.8) is 0 Å². The van der Waals surface area contributed by atoms with Crippen LogP contribution in [0.25, 0.3) is 5.57 Å². The third kappa shape index (κ3) is 3.70. The van der Waals surface area contributed by atoms with E-state index in [9.17, 15) is 4.79 Å². The van der Waals surface area contributed by atoms with Gasteiger partial charge in [-0.15, -0.1) is 0 Å². The lowest BCUT2D eigenvalue weighted by Gasteiger charge is -2.12. The number of nitrogens with one attached hydrogen (secondary N) is 1. The number of nitrogens with zero attached hydrogens (tertiary/aromatic N) is 2. The Balaban J connectivity index is 2.25. The van der Waals surface area contributed by atoms with Gasteiger partial charge < -0.3 is 20.6 Å². The van der Waals surface area contributed by atoms with Gasteiger partial charge in [0.2, 0.25) is 5.88 Å². The number of carbonyl (C=O) groups excluding carboxylic acids is 1. The highest BCUT2D eigenvalue weighted by Gasteiger charge is 2.10. The van der Waals surface area contributed by atoms with Gasteiger partial charge in [-0.1, -0.05) is 6.07 Å². The second-order valence-corrected chi connectivity index (χ2v) is 4.45. The number of nitrogens with two attached hydrogens (primary N) is 1. The molecule has 0 saturated carbocycles. The molecule has 0 fully saturated rings. The number of hydrogen-bond acceptors (Lipinski definition) is 7. The van der Waals surface area contributed by atoms with Gasteiger partial charge in [-0.3, -0.25) is 9.78 Å². The lowest BCUT2D eigenvalue weighted by atomic mass is 10.1. The summed E-state index contributed by atoms with van der Waals surface area (Å²) < 4.78 is 10.6. The van der Waals surface area contributed by atoms with Crippen molar-refractivity contribution in [1.29, 1.82) is 5.41 Å². The average molecular weight is 312 g/mol. The van der Waals surface area contributed by atoms with Gasteiger partial charge in [0.25, 0.3) is 0 Å². The highest BCUT2D eigenvalue weighted by molar-refractivity contribution is 6.07. The Morgan fingerprint density at radius 2 is 2.26 bits per heavy atom. The zero-order valence-electron chi connectivity index (χ0n) is 12.5. The molecule has 0 bridgehead atoms. The van der Waals surface area contributed by atoms with Crippen LogP contribution < -0.4 is 15.2 Å². The molecular weight excluding hydrogens is 296 g/mol. The Morgan fingerprint density at radius 3 is 2.91 bits per heavy atom. The Kier molecular flexibility index (Phi) is 5.40. The summed E-state index contributed by atoms with van der Waals surface area (Å²) in [7, 11) is 1.47. The van der Waals surface area contributed by atoms with Crippen molar-refractivity contribution >= 4 is 18.1 Å². The number of allylic oxidation sites excluding steroid dienone is 1. The summed E-state index contributed by atoms with van der Waals surface area (Å²) in [4.78, 5) is 19.4. The molecule has 0 saturated heterocycles. The van der Waals surface area contributed by atoms with Gasteiger partial charge in [-0.25, -0.2) is 4.98 Å². The lowest BCUT2D eigenvalue weighted by molar-refractivity contribution is 0.111. The van der Waals surface area contributed by atoms with E-state index in [0.717, 1.165) is 11.8 Å². The first-order chi connectivity index (χ1) is 11.2. The smallest absolute Gasteiger partial charge is 0.213 e. The van der Waals surface area contributed by atoms with Crippen molar-refractivity contribution in [2.45, 2.75) is 6.61 Å². The van der Waals surface area contributed by atoms with Crippen LogP contribution in [0.5, 0.6) is 11.6 Å². The molecule has 0 amide bonds. The van der Waals surface area contributed by atoms with E-state index in [-0.39, 0.29) is 6.61 Å². The SMILES string of the molecule is COc1cc(C=O)c(OCc2cccnc2C(C=N)=CN)cn1. The van der Waals surface area contributed by atoms with Crippen molar-refractivity contribution in [1.82, 2.24) is 9.97 Å². The summed E-state index contributed by atoms with van der Waals surface area (Å²) >= 11 is 0. The van der Waals surface area contributed by atoms with E-state index in [1.807, 2.05) is 6.07 Å². The lowest BCUT2D eigenvalue weighted by Crippen LogP contribution is -2.05. The van der Waals surface area contributed by atoms with Crippen LogP contribution in [0.15, 0.2) is 36.8 Å². The van der Waals surface area contributed by atoms with Gasteiger partial charge in [0.05, 0.1) is 24.6 Å². The molecule has 23 heavy (non-hydrogen) atoms. The van der Waals surface area contributed by atoms with Crippen molar-refractivity contribution in [2.75, 3.05) is 7.11 Å². The van der Waals surface area contributed by atoms with Gasteiger partial charge in [-0.2, -0.15) is 0 Å². The second-order valence-electron chi connectivity index (χ2n) is 4.45. The fourth-order valence-electron chi connectivity index (χ4n) is 1.93. The second kappa shape index (κ2) is 7.69. The Bertz CT molecular complexity index is 744. The fraction of sp³-hybridized carbons (Fsp3) is 0.125. The standard InChI is InChI=1S/C16H16N4O3/c1-22-15-5-12(9-21)14(8-20-15)23-10-11-3-2-4-19-16(11)13(6-17)7-18/h2-9,17H,10,18H2,1H3. The molecule has 0 aliphatic rings. The molecule has 0 radical (unpaired) electrons. The van der Waals surface area contributed by atoms with Gasteiger partial charge in [-0.05, 0) is 6.07 Å². The van der Waals surface area contributed by atoms with Crippen molar-refractivity contribution in [2.24, 2.45) is 5.73 Å². The maximum absolute atomic E-state index is 11.1. The number of aromatic nitrogens is 2. The summed E-state index contributed by atoms with van der Waals surface area (Å²) in [6.07, 6.45) is 6.14. The Morgan fingerprint density at radius 1 is 1.43 bits per heavy atom. The largest absolute Gasteiger partial charge is 0.486 e. The summed E-state index contributed by atoms with van der Waals surface area (Å²) in [6, 6.07) is 5.06. The molecule has 2 rings (SSSR count). The van der Waals surface area contributed by atoms with Crippen LogP contribution in [0.3, 0.4) is 0 Å². The molecule has 2 aromatic rings. The summed E-state index contributed by atoms with van der Waals surface area (Å²) in [6.45, 7) is 0.156. The number of hydrogen-bond donors (Lipinski definition) is 2. The van der Waals surface area contributed by atoms with Crippen molar-refractivity contribution < 1.29 is 14.3 Å². The minimum atomic E-state index is 0.156. The normalized spacial score (nSPS) is 10.9. The number of rotatable bonds is 7. The third-order valence-corrected chi connectivity index (χ3v) is 3.09. The first kappa shape index (κ1) is 16.2. The molecule has 0 aromatic carbocycles. The average Bonchev–Trinajstić information content (AvgIpc) is 2.61. The van der Waals surface area contributed by atoms with E-state index in [0.29, 0.717) is 34.7 Å². The van der Waals surface area contributed by atoms with Crippen LogP contribution in [0.4, 0.5) is 0 Å². The molecule has 7 nitrogen and oxygen atoms in total. The summed E-state index contributed by atoms with van der Waals surface area (Å²) in [5, 5.41) is 7.37. The first-order valence-corrected chi connectivity index (χ1v) is 6.72. The van der Waals surface area contributed by atoms with Crippen LogP contribution in [-0.2, 0) is 6.61 Å². The van der Waals surface area contributed by atoms with Crippen LogP contribution >= 0.6 is 0 Å². The maximum atomic E-state index is 11.1. The molecular formula is C16H16N4O3. The first-order valence-electron chi connectivity index (χ1n) is 6.72. The van der Waals surface area contributed by atoms with Crippen molar-refractivity contribution in [3.8, 4) is 11.6 Å². The van der Waals surface area contributed by atoms with E-state index < -0.39 is 0 Å². The number of methoxy groups -OCH3 is 1. The van der Waals surface area contributed by atoms with E-state index in [1.165, 1.54) is 25.6 Å². The molecule has 3 N–H and O–H groups in total. The predicted molar refractivity (Wildman–Crippen MR) is 85.7 cm³/mol. The number of carbonyl (C=O) groups is 1. The quantitative estimate of drug-likeness (QED) is 0.596. The monoisotopic (exact) mass is 312 g/mol. The van der Waals surface area contributed by atoms with Crippen LogP contribution in [0, 0.1) is 5.41 Å². The van der Waals surface area contributed by atoms with Crippen molar-refractivity contribution in [3.05, 3.63) is 53.6 Å². The summed E-state index contributed by atoms with van der Waals surface area (Å²) in [5.74, 6) is 0.669. The van der Waals surface area contributed by atoms with Gasteiger partial charge in [0, 0.05) is 35.8 Å². The minimum absolute atomic E-state index is 0.156. The molecule has 0 aliphatic carbocycles. The van der Waals surface area contributed by atoms with Gasteiger partial charge in [0.15, 0.2) is 6.29 Å². The molecule has 0 unspecified atom stereocenters. The maximum Gasteiger partial charge on any atom is 0.213 e. The molecule has 118 valence electrons. The van der Waals surface area contributed by atoms with E-state index in [4.69, 9.17) is 20.6 Å². The molecule has 0 spiro atoms. The van der Waals surface area contributed by atoms with E-state index in [2.05, 4.69) is 9.97 Å². The Hall–Kier alpha value is -3.22. The minimum Gasteiger partial charge on any atom is -0.486 e. The third-order valence-electron chi connectivity index (χ3n) is 3.09. The summed E-state index contributed by atoms with van der Waals surface area (Å²) in [5.41, 5.74) is 7.61. The predicted octanol–water partition coefficient (Wildman–Crippen LogP) is 1.83. The Labute approximate surface area is 133 Å². The molecule has 0 atom stereocenters. The zero-order chi connectivity index (χ0) is 16.7. The molecule has 2 heterocycles. The van der Waals surface area contributed by atoms with Gasteiger partial charge >= 0.3 is 0 Å². The molecule has 7 heteroatoms. The van der Waals surface area contributed by atoms with Gasteiger partial charge in [0.1, 0.15) is 12.4 Å². The topological polar surface area (TPSA) is 111 Å². The van der Waals surface area contributed by atoms with Crippen LogP contribution in [0.1, 0.15) is 21.6 Å². The fourth-order valence-corrected chi connectivity index (χ4v) is 1.93.